The van der Waals surface area contributed by atoms with E-state index in [0.29, 0.717) is 16.6 Å². The number of amides is 1. The Labute approximate surface area is 126 Å². The minimum absolute atomic E-state index is 0.0704. The Hall–Kier alpha value is -3.08. The third-order valence-corrected chi connectivity index (χ3v) is 3.42. The summed E-state index contributed by atoms with van der Waals surface area (Å²) in [6.45, 7) is 0.0704. The Morgan fingerprint density at radius 2 is 1.82 bits per heavy atom. The van der Waals surface area contributed by atoms with Gasteiger partial charge < -0.3 is 15.4 Å². The molecule has 1 heterocycles. The van der Waals surface area contributed by atoms with Crippen molar-refractivity contribution in [3.63, 3.8) is 0 Å². The van der Waals surface area contributed by atoms with E-state index in [0.717, 1.165) is 11.1 Å². The molecule has 0 saturated heterocycles. The molecule has 0 aliphatic carbocycles. The van der Waals surface area contributed by atoms with Crippen molar-refractivity contribution in [3.8, 4) is 11.1 Å². The summed E-state index contributed by atoms with van der Waals surface area (Å²) in [6.07, 6.45) is -1.12. The molecule has 22 heavy (non-hydrogen) atoms. The van der Waals surface area contributed by atoms with Gasteiger partial charge in [0, 0.05) is 22.7 Å². The minimum Gasteiger partial charge on any atom is -0.465 e. The fourth-order valence-corrected chi connectivity index (χ4v) is 2.38. The molecular formula is C17H14N2O3. The topological polar surface area (TPSA) is 82.2 Å². The zero-order chi connectivity index (χ0) is 15.5. The second-order valence-electron chi connectivity index (χ2n) is 4.94. The van der Waals surface area contributed by atoms with Gasteiger partial charge in [-0.05, 0) is 23.3 Å². The van der Waals surface area contributed by atoms with E-state index in [1.807, 2.05) is 48.5 Å². The summed E-state index contributed by atoms with van der Waals surface area (Å²) >= 11 is 0. The van der Waals surface area contributed by atoms with Gasteiger partial charge in [-0.3, -0.25) is 4.79 Å². The molecule has 1 amide bonds. The summed E-state index contributed by atoms with van der Waals surface area (Å²) in [5.74, 6) is 0. The van der Waals surface area contributed by atoms with Crippen LogP contribution in [0.4, 0.5) is 4.79 Å². The van der Waals surface area contributed by atoms with Crippen LogP contribution in [0, 0.1) is 0 Å². The minimum atomic E-state index is -1.12. The maximum absolute atomic E-state index is 12.2. The highest BCUT2D eigenvalue weighted by molar-refractivity contribution is 5.84. The fourth-order valence-electron chi connectivity index (χ4n) is 2.38. The number of carboxylic acid groups (broad SMARTS) is 1. The van der Waals surface area contributed by atoms with Crippen LogP contribution >= 0.6 is 0 Å². The van der Waals surface area contributed by atoms with Gasteiger partial charge in [0.1, 0.15) is 0 Å². The Morgan fingerprint density at radius 3 is 2.55 bits per heavy atom. The summed E-state index contributed by atoms with van der Waals surface area (Å²) in [7, 11) is 0. The highest BCUT2D eigenvalue weighted by Crippen LogP contribution is 2.22. The third kappa shape index (κ3) is 2.83. The van der Waals surface area contributed by atoms with E-state index >= 15 is 0 Å². The molecule has 0 spiro atoms. The number of hydrogen-bond acceptors (Lipinski definition) is 2. The lowest BCUT2D eigenvalue weighted by Gasteiger charge is -2.07. The summed E-state index contributed by atoms with van der Waals surface area (Å²) in [5, 5.41) is 11.4. The van der Waals surface area contributed by atoms with Gasteiger partial charge in [-0.25, -0.2) is 4.79 Å². The first kappa shape index (κ1) is 13.9. The first-order chi connectivity index (χ1) is 10.6. The van der Waals surface area contributed by atoms with Gasteiger partial charge in [-0.2, -0.15) is 0 Å². The molecule has 110 valence electrons. The van der Waals surface area contributed by atoms with Crippen LogP contribution in [0.3, 0.4) is 0 Å². The molecule has 2 aromatic carbocycles. The van der Waals surface area contributed by atoms with Gasteiger partial charge in [0.15, 0.2) is 5.43 Å². The highest BCUT2D eigenvalue weighted by atomic mass is 16.4. The van der Waals surface area contributed by atoms with Crippen molar-refractivity contribution >= 4 is 17.0 Å². The lowest BCUT2D eigenvalue weighted by molar-refractivity contribution is 0.194. The fraction of sp³-hybridized carbons (Fsp3) is 0.0588. The van der Waals surface area contributed by atoms with Crippen LogP contribution in [-0.4, -0.2) is 16.2 Å². The lowest BCUT2D eigenvalue weighted by atomic mass is 10.0. The number of nitrogens with one attached hydrogen (secondary N) is 2. The Kier molecular flexibility index (Phi) is 3.62. The Bertz CT molecular complexity index is 885. The van der Waals surface area contributed by atoms with Crippen molar-refractivity contribution in [2.24, 2.45) is 0 Å². The zero-order valence-electron chi connectivity index (χ0n) is 11.7. The predicted octanol–water partition coefficient (Wildman–Crippen LogP) is 2.96. The van der Waals surface area contributed by atoms with E-state index in [1.165, 1.54) is 6.07 Å². The van der Waals surface area contributed by atoms with E-state index in [4.69, 9.17) is 5.11 Å². The average molecular weight is 294 g/mol. The van der Waals surface area contributed by atoms with E-state index in [9.17, 15) is 9.59 Å². The van der Waals surface area contributed by atoms with Crippen LogP contribution in [0.2, 0.25) is 0 Å². The first-order valence-electron chi connectivity index (χ1n) is 6.82. The van der Waals surface area contributed by atoms with Gasteiger partial charge in [0.25, 0.3) is 0 Å². The average Bonchev–Trinajstić information content (AvgIpc) is 2.53. The maximum Gasteiger partial charge on any atom is 0.404 e. The third-order valence-electron chi connectivity index (χ3n) is 3.42. The Morgan fingerprint density at radius 1 is 1.05 bits per heavy atom. The van der Waals surface area contributed by atoms with Crippen LogP contribution in [0.25, 0.3) is 22.0 Å². The first-order valence-corrected chi connectivity index (χ1v) is 6.82. The molecule has 3 rings (SSSR count). The van der Waals surface area contributed by atoms with Gasteiger partial charge in [0.05, 0.1) is 6.54 Å². The lowest BCUT2D eigenvalue weighted by Crippen LogP contribution is -2.21. The van der Waals surface area contributed by atoms with E-state index in [1.54, 1.807) is 0 Å². The predicted molar refractivity (Wildman–Crippen MR) is 84.9 cm³/mol. The summed E-state index contributed by atoms with van der Waals surface area (Å²) in [5.41, 5.74) is 3.10. The molecule has 0 unspecified atom stereocenters. The number of aromatic nitrogens is 1. The van der Waals surface area contributed by atoms with Crippen molar-refractivity contribution < 1.29 is 9.90 Å². The van der Waals surface area contributed by atoms with Gasteiger partial charge in [0.2, 0.25) is 0 Å². The zero-order valence-corrected chi connectivity index (χ0v) is 11.7. The van der Waals surface area contributed by atoms with Crippen molar-refractivity contribution in [3.05, 3.63) is 70.5 Å². The maximum atomic E-state index is 12.2. The number of carbonyl (C=O) groups is 1. The van der Waals surface area contributed by atoms with Crippen molar-refractivity contribution in [2.75, 3.05) is 0 Å². The standard InChI is InChI=1S/C17H14N2O3/c20-16-9-13(10-18-17(21)22)19-15-7-6-12(8-14(15)16)11-4-2-1-3-5-11/h1-9,18H,10H2,(H,19,20)(H,21,22). The van der Waals surface area contributed by atoms with Crippen LogP contribution < -0.4 is 10.7 Å². The van der Waals surface area contributed by atoms with Gasteiger partial charge >= 0.3 is 6.09 Å². The molecule has 0 fully saturated rings. The number of fused-ring (bicyclic) bond motifs is 1. The molecule has 0 aliphatic rings. The number of rotatable bonds is 3. The number of aromatic amines is 1. The molecule has 5 nitrogen and oxygen atoms in total. The van der Waals surface area contributed by atoms with Crippen molar-refractivity contribution in [1.29, 1.82) is 0 Å². The largest absolute Gasteiger partial charge is 0.465 e. The number of pyridine rings is 1. The normalized spacial score (nSPS) is 10.5. The van der Waals surface area contributed by atoms with Crippen LogP contribution in [0.15, 0.2) is 59.4 Å². The smallest absolute Gasteiger partial charge is 0.404 e. The summed E-state index contributed by atoms with van der Waals surface area (Å²) in [4.78, 5) is 25.8. The van der Waals surface area contributed by atoms with Crippen molar-refractivity contribution in [1.82, 2.24) is 10.3 Å². The second-order valence-corrected chi connectivity index (χ2v) is 4.94. The molecule has 3 aromatic rings. The van der Waals surface area contributed by atoms with Crippen LogP contribution in [-0.2, 0) is 6.54 Å². The molecule has 0 aliphatic heterocycles. The molecule has 0 atom stereocenters. The molecule has 0 bridgehead atoms. The summed E-state index contributed by atoms with van der Waals surface area (Å²) in [6, 6.07) is 16.9. The highest BCUT2D eigenvalue weighted by Gasteiger charge is 2.05. The molecule has 5 heteroatoms. The molecular weight excluding hydrogens is 280 g/mol. The van der Waals surface area contributed by atoms with E-state index in [-0.39, 0.29) is 12.0 Å². The number of hydrogen-bond donors (Lipinski definition) is 3. The second kappa shape index (κ2) is 5.73. The Balaban J connectivity index is 2.03. The van der Waals surface area contributed by atoms with E-state index in [2.05, 4.69) is 10.3 Å². The molecule has 3 N–H and O–H groups in total. The van der Waals surface area contributed by atoms with Gasteiger partial charge in [-0.1, -0.05) is 36.4 Å². The monoisotopic (exact) mass is 294 g/mol. The summed E-state index contributed by atoms with van der Waals surface area (Å²) < 4.78 is 0. The number of H-pyrrole nitrogens is 1. The van der Waals surface area contributed by atoms with Crippen LogP contribution in [0.1, 0.15) is 5.69 Å². The molecule has 0 radical (unpaired) electrons. The quantitative estimate of drug-likeness (QED) is 0.694. The van der Waals surface area contributed by atoms with Crippen molar-refractivity contribution in [2.45, 2.75) is 6.54 Å². The molecule has 1 aromatic heterocycles. The van der Waals surface area contributed by atoms with Crippen LogP contribution in [0.5, 0.6) is 0 Å². The van der Waals surface area contributed by atoms with E-state index < -0.39 is 6.09 Å². The SMILES string of the molecule is O=C(O)NCc1cc(=O)c2cc(-c3ccccc3)ccc2[nH]1. The van der Waals surface area contributed by atoms with Gasteiger partial charge in [-0.15, -0.1) is 0 Å². The molecule has 0 saturated carbocycles. The number of benzene rings is 2.